The van der Waals surface area contributed by atoms with Crippen molar-refractivity contribution >= 4 is 44.6 Å². The fourth-order valence-corrected chi connectivity index (χ4v) is 4.68. The minimum absolute atomic E-state index is 0.0427. The topological polar surface area (TPSA) is 65.7 Å². The summed E-state index contributed by atoms with van der Waals surface area (Å²) in [6, 6.07) is 21.8. The third kappa shape index (κ3) is 6.13. The molecule has 0 atom stereocenters. The summed E-state index contributed by atoms with van der Waals surface area (Å²) in [6.07, 6.45) is -3.18. The van der Waals surface area contributed by atoms with Crippen LogP contribution in [-0.2, 0) is 12.8 Å². The number of hydrogen-bond acceptors (Lipinski definition) is 5. The highest BCUT2D eigenvalue weighted by Gasteiger charge is 2.31. The van der Waals surface area contributed by atoms with Crippen molar-refractivity contribution in [2.75, 3.05) is 7.11 Å². The van der Waals surface area contributed by atoms with Crippen LogP contribution >= 0.6 is 27.5 Å². The summed E-state index contributed by atoms with van der Waals surface area (Å²) < 4.78 is 53.4. The molecule has 0 unspecified atom stereocenters. The van der Waals surface area contributed by atoms with E-state index in [-0.39, 0.29) is 23.4 Å². The van der Waals surface area contributed by atoms with Crippen LogP contribution in [0.3, 0.4) is 0 Å². The first-order valence-corrected chi connectivity index (χ1v) is 13.3. The normalized spacial score (nSPS) is 11.8. The van der Waals surface area contributed by atoms with Crippen LogP contribution in [0.5, 0.6) is 11.5 Å². The average molecular weight is 643 g/mol. The monoisotopic (exact) mass is 641 g/mol. The van der Waals surface area contributed by atoms with Gasteiger partial charge in [0.05, 0.1) is 29.8 Å². The summed E-state index contributed by atoms with van der Waals surface area (Å²) in [5, 5.41) is 5.19. The van der Waals surface area contributed by atoms with E-state index in [2.05, 4.69) is 26.0 Å². The van der Waals surface area contributed by atoms with E-state index in [9.17, 15) is 18.0 Å². The molecular formula is C30H20BrClF3N3O3. The largest absolute Gasteiger partial charge is 0.493 e. The zero-order chi connectivity index (χ0) is 29.1. The molecule has 0 fully saturated rings. The van der Waals surface area contributed by atoms with E-state index in [1.807, 2.05) is 18.2 Å². The van der Waals surface area contributed by atoms with Gasteiger partial charge in [0.25, 0.3) is 5.56 Å². The number of para-hydroxylation sites is 1. The van der Waals surface area contributed by atoms with Gasteiger partial charge in [-0.3, -0.25) is 4.79 Å². The average Bonchev–Trinajstić information content (AvgIpc) is 2.96. The number of rotatable bonds is 7. The van der Waals surface area contributed by atoms with E-state index in [1.54, 1.807) is 42.5 Å². The van der Waals surface area contributed by atoms with Gasteiger partial charge in [-0.2, -0.15) is 22.9 Å². The molecule has 4 aromatic carbocycles. The van der Waals surface area contributed by atoms with Gasteiger partial charge >= 0.3 is 6.18 Å². The van der Waals surface area contributed by atoms with Crippen LogP contribution in [0.2, 0.25) is 5.02 Å². The smallest absolute Gasteiger partial charge is 0.416 e. The Bertz CT molecular complexity index is 1840. The third-order valence-corrected chi connectivity index (χ3v) is 7.19. The lowest BCUT2D eigenvalue weighted by atomic mass is 10.1. The molecule has 6 nitrogen and oxygen atoms in total. The highest BCUT2D eigenvalue weighted by atomic mass is 79.9. The van der Waals surface area contributed by atoms with Crippen molar-refractivity contribution in [1.29, 1.82) is 0 Å². The Hall–Kier alpha value is -4.15. The summed E-state index contributed by atoms with van der Waals surface area (Å²) in [6.45, 7) is 0.203. The molecule has 208 valence electrons. The quantitative estimate of drug-likeness (QED) is 0.169. The number of alkyl halides is 3. The molecule has 0 N–H and O–H groups in total. The number of methoxy groups -OCH3 is 1. The van der Waals surface area contributed by atoms with E-state index in [4.69, 9.17) is 21.1 Å². The second kappa shape index (κ2) is 11.8. The minimum Gasteiger partial charge on any atom is -0.493 e. The van der Waals surface area contributed by atoms with Crippen molar-refractivity contribution in [2.45, 2.75) is 12.8 Å². The van der Waals surface area contributed by atoms with Crippen molar-refractivity contribution in [1.82, 2.24) is 9.66 Å². The van der Waals surface area contributed by atoms with Crippen molar-refractivity contribution in [2.24, 2.45) is 5.10 Å². The molecule has 1 heterocycles. The van der Waals surface area contributed by atoms with Crippen molar-refractivity contribution < 1.29 is 22.6 Å². The maximum absolute atomic E-state index is 13.5. The molecule has 0 saturated heterocycles. The summed E-state index contributed by atoms with van der Waals surface area (Å²) in [7, 11) is 1.48. The van der Waals surface area contributed by atoms with Crippen LogP contribution in [0.15, 0.2) is 99.3 Å². The lowest BCUT2D eigenvalue weighted by Gasteiger charge is -2.14. The van der Waals surface area contributed by atoms with Crippen LogP contribution in [0.25, 0.3) is 22.3 Å². The van der Waals surface area contributed by atoms with Gasteiger partial charge in [0.1, 0.15) is 6.61 Å². The molecule has 0 radical (unpaired) electrons. The number of halogens is 5. The number of aromatic nitrogens is 2. The second-order valence-electron chi connectivity index (χ2n) is 8.80. The number of nitrogens with zero attached hydrogens (tertiary/aromatic N) is 3. The second-order valence-corrected chi connectivity index (χ2v) is 10.1. The fraction of sp³-hybridized carbons (Fsp3) is 0.100. The Kier molecular flexibility index (Phi) is 8.14. The molecule has 1 aromatic heterocycles. The Morgan fingerprint density at radius 1 is 1.00 bits per heavy atom. The molecule has 0 aliphatic rings. The lowest BCUT2D eigenvalue weighted by Crippen LogP contribution is -2.20. The fourth-order valence-electron chi connectivity index (χ4n) is 4.07. The van der Waals surface area contributed by atoms with Crippen molar-refractivity contribution in [3.05, 3.63) is 121 Å². The first-order valence-electron chi connectivity index (χ1n) is 12.1. The molecule has 0 aliphatic heterocycles. The number of fused-ring (bicyclic) bond motifs is 1. The molecule has 41 heavy (non-hydrogen) atoms. The first kappa shape index (κ1) is 28.4. The van der Waals surface area contributed by atoms with Gasteiger partial charge < -0.3 is 9.47 Å². The lowest BCUT2D eigenvalue weighted by molar-refractivity contribution is -0.137. The van der Waals surface area contributed by atoms with Gasteiger partial charge in [-0.05, 0) is 58.4 Å². The summed E-state index contributed by atoms with van der Waals surface area (Å²) in [4.78, 5) is 17.9. The predicted molar refractivity (Wildman–Crippen MR) is 156 cm³/mol. The molecule has 5 aromatic rings. The Labute approximate surface area is 245 Å². The Morgan fingerprint density at radius 2 is 1.76 bits per heavy atom. The van der Waals surface area contributed by atoms with E-state index in [0.717, 1.165) is 22.4 Å². The number of ether oxygens (including phenoxy) is 2. The van der Waals surface area contributed by atoms with E-state index in [1.165, 1.54) is 25.5 Å². The zero-order valence-corrected chi connectivity index (χ0v) is 23.7. The van der Waals surface area contributed by atoms with Crippen molar-refractivity contribution in [3.63, 3.8) is 0 Å². The SMILES string of the molecule is COc1cc(C=Nn2c(-c3cccc(C(F)(F)F)c3)nc3ccccc3c2=O)c(Br)cc1OCc1ccccc1Cl. The number of benzene rings is 4. The summed E-state index contributed by atoms with van der Waals surface area (Å²) >= 11 is 9.73. The molecule has 0 spiro atoms. The zero-order valence-electron chi connectivity index (χ0n) is 21.3. The standard InChI is InChI=1S/C30H20BrClF3N3O3/c1-40-26-14-20(23(31)15-27(26)41-17-19-7-2-4-11-24(19)32)16-36-38-28(18-8-6-9-21(13-18)30(33,34)35)37-25-12-5-3-10-22(25)29(38)39/h2-16H,17H2,1H3. The first-order chi connectivity index (χ1) is 19.7. The molecule has 0 saturated carbocycles. The predicted octanol–water partition coefficient (Wildman–Crippen LogP) is 7.97. The van der Waals surface area contributed by atoms with E-state index >= 15 is 0 Å². The van der Waals surface area contributed by atoms with Gasteiger partial charge in [-0.25, -0.2) is 4.98 Å². The molecule has 0 aliphatic carbocycles. The van der Waals surface area contributed by atoms with Crippen molar-refractivity contribution in [3.8, 4) is 22.9 Å². The highest BCUT2D eigenvalue weighted by Crippen LogP contribution is 2.35. The maximum Gasteiger partial charge on any atom is 0.416 e. The van der Waals surface area contributed by atoms with Gasteiger partial charge in [0.15, 0.2) is 17.3 Å². The third-order valence-electron chi connectivity index (χ3n) is 6.14. The van der Waals surface area contributed by atoms with E-state index < -0.39 is 17.3 Å². The van der Waals surface area contributed by atoms with Gasteiger partial charge in [-0.1, -0.05) is 54.1 Å². The van der Waals surface area contributed by atoms with Crippen LogP contribution in [-0.4, -0.2) is 23.0 Å². The molecule has 0 bridgehead atoms. The van der Waals surface area contributed by atoms with Gasteiger partial charge in [0, 0.05) is 26.2 Å². The van der Waals surface area contributed by atoms with Crippen LogP contribution in [0.4, 0.5) is 13.2 Å². The molecule has 5 rings (SSSR count). The van der Waals surface area contributed by atoms with Gasteiger partial charge in [0.2, 0.25) is 0 Å². The van der Waals surface area contributed by atoms with Gasteiger partial charge in [-0.15, -0.1) is 0 Å². The van der Waals surface area contributed by atoms with Crippen LogP contribution < -0.4 is 15.0 Å². The Morgan fingerprint density at radius 3 is 2.51 bits per heavy atom. The molecule has 11 heteroatoms. The van der Waals surface area contributed by atoms with Crippen LogP contribution in [0.1, 0.15) is 16.7 Å². The Balaban J connectivity index is 1.56. The number of hydrogen-bond donors (Lipinski definition) is 0. The minimum atomic E-state index is -4.57. The van der Waals surface area contributed by atoms with E-state index in [0.29, 0.717) is 32.1 Å². The molecular weight excluding hydrogens is 623 g/mol. The summed E-state index contributed by atoms with van der Waals surface area (Å²) in [5.74, 6) is 0.785. The molecule has 0 amide bonds. The maximum atomic E-state index is 13.5. The van der Waals surface area contributed by atoms with Crippen LogP contribution in [0, 0.1) is 0 Å². The summed E-state index contributed by atoms with van der Waals surface area (Å²) in [5.41, 5.74) is 0.319. The highest BCUT2D eigenvalue weighted by molar-refractivity contribution is 9.10.